The van der Waals surface area contributed by atoms with Crippen molar-refractivity contribution in [3.05, 3.63) is 28.6 Å². The van der Waals surface area contributed by atoms with Crippen LogP contribution in [-0.2, 0) is 11.3 Å². The molecule has 1 aromatic heterocycles. The highest BCUT2D eigenvalue weighted by Gasteiger charge is 2.22. The Bertz CT molecular complexity index is 643. The molecular weight excluding hydrogens is 288 g/mol. The summed E-state index contributed by atoms with van der Waals surface area (Å²) in [6.07, 6.45) is 2.81. The van der Waals surface area contributed by atoms with E-state index in [9.17, 15) is 10.1 Å². The molecule has 5 heteroatoms. The van der Waals surface area contributed by atoms with Gasteiger partial charge < -0.3 is 14.4 Å². The minimum atomic E-state index is -0.152. The molecule has 1 aliphatic rings. The number of likely N-dealkylation sites (N-methyl/N-ethyl adjacent to an activating group) is 1. The highest BCUT2D eigenvalue weighted by molar-refractivity contribution is 6.01. The van der Waals surface area contributed by atoms with Crippen LogP contribution in [0.15, 0.2) is 11.6 Å². The van der Waals surface area contributed by atoms with Gasteiger partial charge in [-0.05, 0) is 45.0 Å². The number of hydrogen-bond acceptors (Lipinski definition) is 3. The summed E-state index contributed by atoms with van der Waals surface area (Å²) in [6, 6.07) is 4.15. The monoisotopic (exact) mass is 314 g/mol. The molecule has 2 heterocycles. The zero-order valence-electron chi connectivity index (χ0n) is 14.6. The van der Waals surface area contributed by atoms with E-state index < -0.39 is 0 Å². The topological polar surface area (TPSA) is 52.3 Å². The number of nitriles is 1. The van der Waals surface area contributed by atoms with Crippen LogP contribution in [0.1, 0.15) is 30.3 Å². The predicted molar refractivity (Wildman–Crippen MR) is 91.9 cm³/mol. The summed E-state index contributed by atoms with van der Waals surface area (Å²) < 4.78 is 2.24. The first-order chi connectivity index (χ1) is 11.0. The standard InChI is InChI=1S/C18H26N4O/c1-5-6-22-14(2)11-16(15(22)3)12-17(13-19)18(23)21-9-7-20(4)8-10-21/h11-12H,5-10H2,1-4H3/b17-12-. The van der Waals surface area contributed by atoms with Crippen LogP contribution in [0, 0.1) is 25.2 Å². The van der Waals surface area contributed by atoms with Crippen molar-refractivity contribution in [3.63, 3.8) is 0 Å². The normalized spacial score (nSPS) is 16.5. The molecule has 0 saturated carbocycles. The van der Waals surface area contributed by atoms with Crippen molar-refractivity contribution in [2.24, 2.45) is 0 Å². The summed E-state index contributed by atoms with van der Waals surface area (Å²) in [7, 11) is 2.05. The molecule has 2 rings (SSSR count). The molecule has 1 fully saturated rings. The lowest BCUT2D eigenvalue weighted by Crippen LogP contribution is -2.47. The average molecular weight is 314 g/mol. The van der Waals surface area contributed by atoms with Crippen molar-refractivity contribution in [1.29, 1.82) is 5.26 Å². The van der Waals surface area contributed by atoms with Gasteiger partial charge in [-0.1, -0.05) is 6.92 Å². The number of amides is 1. The molecule has 0 N–H and O–H groups in total. The second-order valence-corrected chi connectivity index (χ2v) is 6.24. The second kappa shape index (κ2) is 7.47. The molecular formula is C18H26N4O. The summed E-state index contributed by atoms with van der Waals surface area (Å²) in [5.41, 5.74) is 3.48. The molecule has 0 radical (unpaired) electrons. The van der Waals surface area contributed by atoms with Gasteiger partial charge in [-0.2, -0.15) is 5.26 Å². The highest BCUT2D eigenvalue weighted by Crippen LogP contribution is 2.19. The first kappa shape index (κ1) is 17.3. The van der Waals surface area contributed by atoms with E-state index in [0.29, 0.717) is 13.1 Å². The van der Waals surface area contributed by atoms with Crippen molar-refractivity contribution < 1.29 is 4.79 Å². The van der Waals surface area contributed by atoms with E-state index in [1.165, 1.54) is 5.69 Å². The SMILES string of the molecule is CCCn1c(C)cc(/C=C(/C#N)C(=O)N2CCN(C)CC2)c1C. The van der Waals surface area contributed by atoms with Gasteiger partial charge in [0.1, 0.15) is 11.6 Å². The number of aromatic nitrogens is 1. The molecule has 5 nitrogen and oxygen atoms in total. The van der Waals surface area contributed by atoms with Crippen LogP contribution in [0.4, 0.5) is 0 Å². The molecule has 1 aromatic rings. The number of rotatable bonds is 4. The molecule has 1 amide bonds. The van der Waals surface area contributed by atoms with Gasteiger partial charge >= 0.3 is 0 Å². The lowest BCUT2D eigenvalue weighted by atomic mass is 10.1. The predicted octanol–water partition coefficient (Wildman–Crippen LogP) is 2.20. The fraction of sp³-hybridized carbons (Fsp3) is 0.556. The third kappa shape index (κ3) is 3.83. The first-order valence-electron chi connectivity index (χ1n) is 8.24. The Morgan fingerprint density at radius 1 is 1.30 bits per heavy atom. The Hall–Kier alpha value is -2.06. The maximum Gasteiger partial charge on any atom is 0.264 e. The van der Waals surface area contributed by atoms with E-state index in [0.717, 1.165) is 37.3 Å². The average Bonchev–Trinajstić information content (AvgIpc) is 2.80. The minimum absolute atomic E-state index is 0.152. The summed E-state index contributed by atoms with van der Waals surface area (Å²) in [6.45, 7) is 10.3. The largest absolute Gasteiger partial charge is 0.349 e. The second-order valence-electron chi connectivity index (χ2n) is 6.24. The number of hydrogen-bond donors (Lipinski definition) is 0. The smallest absolute Gasteiger partial charge is 0.264 e. The number of carbonyl (C=O) groups is 1. The molecule has 124 valence electrons. The highest BCUT2D eigenvalue weighted by atomic mass is 16.2. The molecule has 23 heavy (non-hydrogen) atoms. The van der Waals surface area contributed by atoms with Crippen LogP contribution in [0.25, 0.3) is 6.08 Å². The fourth-order valence-electron chi connectivity index (χ4n) is 3.02. The quantitative estimate of drug-likeness (QED) is 0.632. The summed E-state index contributed by atoms with van der Waals surface area (Å²) in [5.74, 6) is -0.152. The zero-order valence-corrected chi connectivity index (χ0v) is 14.6. The van der Waals surface area contributed by atoms with Crippen molar-refractivity contribution in [2.45, 2.75) is 33.7 Å². The summed E-state index contributed by atoms with van der Waals surface area (Å²) in [5, 5.41) is 9.43. The lowest BCUT2D eigenvalue weighted by molar-refractivity contribution is -0.128. The van der Waals surface area contributed by atoms with Gasteiger partial charge in [0.05, 0.1) is 0 Å². The van der Waals surface area contributed by atoms with E-state index in [1.807, 2.05) is 14.0 Å². The number of nitrogens with zero attached hydrogens (tertiary/aromatic N) is 4. The van der Waals surface area contributed by atoms with Crippen LogP contribution in [-0.4, -0.2) is 53.5 Å². The Balaban J connectivity index is 2.24. The Morgan fingerprint density at radius 3 is 2.52 bits per heavy atom. The Morgan fingerprint density at radius 2 is 1.96 bits per heavy atom. The summed E-state index contributed by atoms with van der Waals surface area (Å²) in [4.78, 5) is 16.5. The molecule has 0 aliphatic carbocycles. The number of carbonyl (C=O) groups excluding carboxylic acids is 1. The fourth-order valence-corrected chi connectivity index (χ4v) is 3.02. The maximum atomic E-state index is 12.6. The van der Waals surface area contributed by atoms with Crippen molar-refractivity contribution in [2.75, 3.05) is 33.2 Å². The van der Waals surface area contributed by atoms with Crippen LogP contribution in [0.3, 0.4) is 0 Å². The van der Waals surface area contributed by atoms with Gasteiger partial charge in [-0.25, -0.2) is 0 Å². The van der Waals surface area contributed by atoms with E-state index in [1.54, 1.807) is 11.0 Å². The minimum Gasteiger partial charge on any atom is -0.349 e. The van der Waals surface area contributed by atoms with E-state index >= 15 is 0 Å². The van der Waals surface area contributed by atoms with Crippen LogP contribution in [0.2, 0.25) is 0 Å². The summed E-state index contributed by atoms with van der Waals surface area (Å²) >= 11 is 0. The molecule has 0 spiro atoms. The molecule has 0 atom stereocenters. The van der Waals surface area contributed by atoms with E-state index in [4.69, 9.17) is 0 Å². The third-order valence-corrected chi connectivity index (χ3v) is 4.50. The Kier molecular flexibility index (Phi) is 5.62. The maximum absolute atomic E-state index is 12.6. The van der Waals surface area contributed by atoms with Gasteiger partial charge in [-0.15, -0.1) is 0 Å². The molecule has 1 saturated heterocycles. The molecule has 1 aliphatic heterocycles. The lowest BCUT2D eigenvalue weighted by Gasteiger charge is -2.32. The van der Waals surface area contributed by atoms with Crippen LogP contribution in [0.5, 0.6) is 0 Å². The van der Waals surface area contributed by atoms with Gasteiger partial charge in [0.2, 0.25) is 0 Å². The van der Waals surface area contributed by atoms with Crippen molar-refractivity contribution in [3.8, 4) is 6.07 Å². The first-order valence-corrected chi connectivity index (χ1v) is 8.24. The van der Waals surface area contributed by atoms with Crippen LogP contribution < -0.4 is 0 Å². The third-order valence-electron chi connectivity index (χ3n) is 4.50. The van der Waals surface area contributed by atoms with Gasteiger partial charge in [0, 0.05) is 44.1 Å². The van der Waals surface area contributed by atoms with E-state index in [2.05, 4.69) is 35.5 Å². The van der Waals surface area contributed by atoms with Gasteiger partial charge in [0.25, 0.3) is 5.91 Å². The van der Waals surface area contributed by atoms with Crippen molar-refractivity contribution >= 4 is 12.0 Å². The molecule has 0 unspecified atom stereocenters. The van der Waals surface area contributed by atoms with E-state index in [-0.39, 0.29) is 11.5 Å². The molecule has 0 aromatic carbocycles. The zero-order chi connectivity index (χ0) is 17.0. The molecule has 0 bridgehead atoms. The number of aryl methyl sites for hydroxylation is 1. The number of piperazine rings is 1. The van der Waals surface area contributed by atoms with Gasteiger partial charge in [-0.3, -0.25) is 4.79 Å². The Labute approximate surface area is 138 Å². The van der Waals surface area contributed by atoms with Crippen LogP contribution >= 0.6 is 0 Å². The van der Waals surface area contributed by atoms with Crippen molar-refractivity contribution in [1.82, 2.24) is 14.4 Å². The van der Waals surface area contributed by atoms with Gasteiger partial charge in [0.15, 0.2) is 0 Å².